The van der Waals surface area contributed by atoms with Gasteiger partial charge >= 0.3 is 5.97 Å². The smallest absolute Gasteiger partial charge is 0.303 e. The molecule has 0 aromatic heterocycles. The lowest BCUT2D eigenvalue weighted by molar-refractivity contribution is -0.137. The van der Waals surface area contributed by atoms with E-state index in [1.165, 1.54) is 0 Å². The Morgan fingerprint density at radius 3 is 2.33 bits per heavy atom. The molecule has 1 unspecified atom stereocenters. The van der Waals surface area contributed by atoms with Gasteiger partial charge < -0.3 is 20.3 Å². The third kappa shape index (κ3) is 4.36. The summed E-state index contributed by atoms with van der Waals surface area (Å²) in [5.74, 6) is 0.331. The quantitative estimate of drug-likeness (QED) is 0.843. The van der Waals surface area contributed by atoms with Gasteiger partial charge in [0.2, 0.25) is 0 Å². The van der Waals surface area contributed by atoms with Gasteiger partial charge in [-0.2, -0.15) is 0 Å². The predicted octanol–water partition coefficient (Wildman–Crippen LogP) is 2.87. The zero-order valence-electron chi connectivity index (χ0n) is 13.4. The van der Waals surface area contributed by atoms with E-state index in [0.717, 1.165) is 11.1 Å². The summed E-state index contributed by atoms with van der Waals surface area (Å²) in [5, 5.41) is 8.81. The number of nitrogens with two attached hydrogens (primary N) is 1. The summed E-state index contributed by atoms with van der Waals surface area (Å²) in [4.78, 5) is 10.7. The Bertz CT molecular complexity index is 506. The van der Waals surface area contributed by atoms with Crippen LogP contribution in [0, 0.1) is 0 Å². The van der Waals surface area contributed by atoms with Gasteiger partial charge in [0.05, 0.1) is 14.2 Å². The van der Waals surface area contributed by atoms with Crippen LogP contribution in [0.25, 0.3) is 0 Å². The fraction of sp³-hybridized carbons (Fsp3) is 0.562. The Hall–Kier alpha value is -1.75. The number of aliphatic carboxylic acids is 1. The van der Waals surface area contributed by atoms with Gasteiger partial charge in [-0.25, -0.2) is 0 Å². The Balaban J connectivity index is 3.29. The molecule has 5 nitrogen and oxygen atoms in total. The van der Waals surface area contributed by atoms with Gasteiger partial charge in [-0.05, 0) is 29.5 Å². The Kier molecular flexibility index (Phi) is 5.61. The van der Waals surface area contributed by atoms with Crippen LogP contribution in [-0.4, -0.2) is 25.3 Å². The molecule has 1 rings (SSSR count). The van der Waals surface area contributed by atoms with Crippen molar-refractivity contribution in [1.82, 2.24) is 0 Å². The van der Waals surface area contributed by atoms with Crippen LogP contribution in [0.5, 0.6) is 11.5 Å². The average Bonchev–Trinajstić information content (AvgIpc) is 2.41. The van der Waals surface area contributed by atoms with E-state index >= 15 is 0 Å². The molecule has 5 heteroatoms. The van der Waals surface area contributed by atoms with Crippen molar-refractivity contribution >= 4 is 5.97 Å². The standard InChI is InChI=1S/C16H25NO4/c1-16(2,3)10-8-11(12(17)6-7-14(18)19)15(21-5)13(9-10)20-4/h8-9,12H,6-7,17H2,1-5H3,(H,18,19). The van der Waals surface area contributed by atoms with Crippen LogP contribution < -0.4 is 15.2 Å². The first-order valence-electron chi connectivity index (χ1n) is 6.94. The predicted molar refractivity (Wildman–Crippen MR) is 82.0 cm³/mol. The summed E-state index contributed by atoms with van der Waals surface area (Å²) in [6.45, 7) is 6.29. The van der Waals surface area contributed by atoms with Crippen molar-refractivity contribution in [3.63, 3.8) is 0 Å². The third-order valence-corrected chi connectivity index (χ3v) is 3.44. The van der Waals surface area contributed by atoms with Crippen molar-refractivity contribution < 1.29 is 19.4 Å². The second-order valence-electron chi connectivity index (χ2n) is 6.09. The maximum atomic E-state index is 10.7. The minimum absolute atomic E-state index is 0.0202. The lowest BCUT2D eigenvalue weighted by atomic mass is 9.84. The Morgan fingerprint density at radius 2 is 1.90 bits per heavy atom. The highest BCUT2D eigenvalue weighted by Crippen LogP contribution is 2.39. The molecule has 0 heterocycles. The lowest BCUT2D eigenvalue weighted by Gasteiger charge is -2.25. The molecule has 1 aromatic rings. The number of carbonyl (C=O) groups is 1. The first kappa shape index (κ1) is 17.3. The van der Waals surface area contributed by atoms with Gasteiger partial charge in [-0.15, -0.1) is 0 Å². The summed E-state index contributed by atoms with van der Waals surface area (Å²) < 4.78 is 10.8. The first-order valence-corrected chi connectivity index (χ1v) is 6.94. The Labute approximate surface area is 126 Å². The normalized spacial score (nSPS) is 12.9. The van der Waals surface area contributed by atoms with Crippen molar-refractivity contribution in [2.75, 3.05) is 14.2 Å². The molecule has 0 aliphatic rings. The molecule has 21 heavy (non-hydrogen) atoms. The molecule has 0 spiro atoms. The van der Waals surface area contributed by atoms with Crippen molar-refractivity contribution in [2.45, 2.75) is 45.1 Å². The summed E-state index contributed by atoms with van der Waals surface area (Å²) in [5.41, 5.74) is 7.94. The summed E-state index contributed by atoms with van der Waals surface area (Å²) in [6, 6.07) is 3.51. The lowest BCUT2D eigenvalue weighted by Crippen LogP contribution is -2.17. The van der Waals surface area contributed by atoms with Gasteiger partial charge in [0.25, 0.3) is 0 Å². The number of hydrogen-bond donors (Lipinski definition) is 2. The van der Waals surface area contributed by atoms with Crippen molar-refractivity contribution in [1.29, 1.82) is 0 Å². The summed E-state index contributed by atoms with van der Waals surface area (Å²) in [6.07, 6.45) is 0.370. The number of carboxylic acid groups (broad SMARTS) is 1. The maximum absolute atomic E-state index is 10.7. The molecule has 0 radical (unpaired) electrons. The van der Waals surface area contributed by atoms with Crippen molar-refractivity contribution in [3.05, 3.63) is 23.3 Å². The first-order chi connectivity index (χ1) is 9.70. The van der Waals surface area contributed by atoms with E-state index < -0.39 is 12.0 Å². The average molecular weight is 295 g/mol. The minimum Gasteiger partial charge on any atom is -0.493 e. The van der Waals surface area contributed by atoms with E-state index in [9.17, 15) is 4.79 Å². The highest BCUT2D eigenvalue weighted by molar-refractivity contribution is 5.66. The number of rotatable bonds is 6. The van der Waals surface area contributed by atoms with Gasteiger partial charge in [0.1, 0.15) is 0 Å². The Morgan fingerprint density at radius 1 is 1.29 bits per heavy atom. The van der Waals surface area contributed by atoms with E-state index in [4.69, 9.17) is 20.3 Å². The minimum atomic E-state index is -0.858. The SMILES string of the molecule is COc1cc(C(C)(C)C)cc(C(N)CCC(=O)O)c1OC. The van der Waals surface area contributed by atoms with E-state index in [1.807, 2.05) is 12.1 Å². The van der Waals surface area contributed by atoms with Crippen LogP contribution in [0.1, 0.15) is 50.8 Å². The summed E-state index contributed by atoms with van der Waals surface area (Å²) in [7, 11) is 3.14. The number of ether oxygens (including phenoxy) is 2. The molecular formula is C16H25NO4. The molecule has 0 saturated heterocycles. The topological polar surface area (TPSA) is 81.8 Å². The molecule has 0 amide bonds. The third-order valence-electron chi connectivity index (χ3n) is 3.44. The highest BCUT2D eigenvalue weighted by Gasteiger charge is 2.23. The molecule has 118 valence electrons. The van der Waals surface area contributed by atoms with Gasteiger partial charge in [-0.1, -0.05) is 20.8 Å². The van der Waals surface area contributed by atoms with E-state index in [1.54, 1.807) is 14.2 Å². The van der Waals surface area contributed by atoms with E-state index in [-0.39, 0.29) is 11.8 Å². The zero-order valence-corrected chi connectivity index (χ0v) is 13.4. The molecule has 0 saturated carbocycles. The number of benzene rings is 1. The fourth-order valence-electron chi connectivity index (χ4n) is 2.14. The van der Waals surface area contributed by atoms with Crippen LogP contribution in [0.3, 0.4) is 0 Å². The van der Waals surface area contributed by atoms with Crippen molar-refractivity contribution in [2.24, 2.45) is 5.73 Å². The van der Waals surface area contributed by atoms with Crippen LogP contribution in [0.15, 0.2) is 12.1 Å². The van der Waals surface area contributed by atoms with Crippen LogP contribution in [0.2, 0.25) is 0 Å². The molecule has 0 aliphatic carbocycles. The molecular weight excluding hydrogens is 270 g/mol. The molecule has 1 atom stereocenters. The van der Waals surface area contributed by atoms with Gasteiger partial charge in [0.15, 0.2) is 11.5 Å². The monoisotopic (exact) mass is 295 g/mol. The summed E-state index contributed by atoms with van der Waals surface area (Å²) >= 11 is 0. The largest absolute Gasteiger partial charge is 0.493 e. The van der Waals surface area contributed by atoms with E-state index in [2.05, 4.69) is 20.8 Å². The number of hydrogen-bond acceptors (Lipinski definition) is 4. The van der Waals surface area contributed by atoms with Gasteiger partial charge in [0, 0.05) is 18.0 Å². The van der Waals surface area contributed by atoms with Crippen LogP contribution in [-0.2, 0) is 10.2 Å². The molecule has 0 fully saturated rings. The highest BCUT2D eigenvalue weighted by atomic mass is 16.5. The van der Waals surface area contributed by atoms with Crippen LogP contribution >= 0.6 is 0 Å². The maximum Gasteiger partial charge on any atom is 0.303 e. The van der Waals surface area contributed by atoms with Crippen molar-refractivity contribution in [3.8, 4) is 11.5 Å². The van der Waals surface area contributed by atoms with E-state index in [0.29, 0.717) is 17.9 Å². The second-order valence-corrected chi connectivity index (χ2v) is 6.09. The molecule has 0 bridgehead atoms. The van der Waals surface area contributed by atoms with Crippen LogP contribution in [0.4, 0.5) is 0 Å². The molecule has 0 aliphatic heterocycles. The fourth-order valence-corrected chi connectivity index (χ4v) is 2.14. The molecule has 1 aromatic carbocycles. The van der Waals surface area contributed by atoms with Gasteiger partial charge in [-0.3, -0.25) is 4.79 Å². The number of methoxy groups -OCH3 is 2. The second kappa shape index (κ2) is 6.80. The molecule has 3 N–H and O–H groups in total. The number of carboxylic acids is 1. The zero-order chi connectivity index (χ0) is 16.2.